The van der Waals surface area contributed by atoms with Crippen molar-refractivity contribution in [3.63, 3.8) is 0 Å². The lowest BCUT2D eigenvalue weighted by Gasteiger charge is -2.16. The number of halogens is 1. The van der Waals surface area contributed by atoms with E-state index < -0.39 is 5.82 Å². The zero-order chi connectivity index (χ0) is 19.0. The Labute approximate surface area is 154 Å². The van der Waals surface area contributed by atoms with Gasteiger partial charge >= 0.3 is 0 Å². The summed E-state index contributed by atoms with van der Waals surface area (Å²) in [6.45, 7) is -0.0213. The quantitative estimate of drug-likeness (QED) is 0.753. The smallest absolute Gasteiger partial charge is 0.259 e. The average Bonchev–Trinajstić information content (AvgIpc) is 3.50. The Hall–Kier alpha value is -3.17. The number of nitrogens with zero attached hydrogens (tertiary/aromatic N) is 2. The number of ether oxygens (including phenoxy) is 1. The number of nitriles is 1. The molecule has 27 heavy (non-hydrogen) atoms. The third-order valence-corrected chi connectivity index (χ3v) is 4.68. The minimum Gasteiger partial charge on any atom is -0.491 e. The van der Waals surface area contributed by atoms with Crippen molar-refractivity contribution in [1.82, 2.24) is 4.57 Å². The van der Waals surface area contributed by atoms with E-state index in [4.69, 9.17) is 9.84 Å². The molecule has 1 aliphatic carbocycles. The van der Waals surface area contributed by atoms with Gasteiger partial charge in [-0.15, -0.1) is 0 Å². The van der Waals surface area contributed by atoms with E-state index in [1.165, 1.54) is 16.7 Å². The van der Waals surface area contributed by atoms with Crippen LogP contribution in [-0.4, -0.2) is 22.9 Å². The maximum atomic E-state index is 13.9. The van der Waals surface area contributed by atoms with Gasteiger partial charge in [0.15, 0.2) is 0 Å². The molecule has 2 aromatic carbocycles. The summed E-state index contributed by atoms with van der Waals surface area (Å²) in [5, 5.41) is 19.8. The second-order valence-electron chi connectivity index (χ2n) is 6.53. The third kappa shape index (κ3) is 3.07. The zero-order valence-electron chi connectivity index (χ0n) is 14.5. The van der Waals surface area contributed by atoms with Crippen molar-refractivity contribution in [3.8, 4) is 22.9 Å². The van der Waals surface area contributed by atoms with Crippen molar-refractivity contribution < 1.29 is 14.2 Å². The molecule has 6 heteroatoms. The fraction of sp³-hybridized carbons (Fsp3) is 0.238. The van der Waals surface area contributed by atoms with Crippen LogP contribution in [0.3, 0.4) is 0 Å². The minimum atomic E-state index is -0.415. The Balaban J connectivity index is 2.08. The topological polar surface area (TPSA) is 75.2 Å². The summed E-state index contributed by atoms with van der Waals surface area (Å²) in [4.78, 5) is 13.0. The van der Waals surface area contributed by atoms with Crippen molar-refractivity contribution in [1.29, 1.82) is 5.26 Å². The molecule has 0 unspecified atom stereocenters. The van der Waals surface area contributed by atoms with E-state index in [1.807, 2.05) is 0 Å². The second-order valence-corrected chi connectivity index (χ2v) is 6.53. The van der Waals surface area contributed by atoms with Crippen molar-refractivity contribution in [2.75, 3.05) is 13.2 Å². The van der Waals surface area contributed by atoms with Crippen molar-refractivity contribution in [3.05, 3.63) is 64.3 Å². The number of hydrogen-bond acceptors (Lipinski definition) is 4. The van der Waals surface area contributed by atoms with Gasteiger partial charge in [-0.25, -0.2) is 4.39 Å². The molecule has 0 amide bonds. The van der Waals surface area contributed by atoms with Gasteiger partial charge in [0.05, 0.1) is 6.61 Å². The number of benzene rings is 2. The summed E-state index contributed by atoms with van der Waals surface area (Å²) < 4.78 is 20.9. The number of rotatable bonds is 5. The van der Waals surface area contributed by atoms with E-state index in [0.717, 1.165) is 12.8 Å². The van der Waals surface area contributed by atoms with Crippen LogP contribution in [0.5, 0.6) is 5.75 Å². The molecular weight excluding hydrogens is 347 g/mol. The number of fused-ring (bicyclic) bond motifs is 1. The molecule has 0 atom stereocenters. The highest BCUT2D eigenvalue weighted by Crippen LogP contribution is 2.39. The summed E-state index contributed by atoms with van der Waals surface area (Å²) >= 11 is 0. The molecule has 0 bridgehead atoms. The van der Waals surface area contributed by atoms with Gasteiger partial charge in [-0.2, -0.15) is 5.26 Å². The predicted octanol–water partition coefficient (Wildman–Crippen LogP) is 3.39. The molecule has 1 N–H and O–H groups in total. The first-order chi connectivity index (χ1) is 13.1. The van der Waals surface area contributed by atoms with Crippen molar-refractivity contribution in [2.45, 2.75) is 18.9 Å². The lowest BCUT2D eigenvalue weighted by molar-refractivity contribution is 0.201. The molecule has 4 rings (SSSR count). The molecule has 1 aliphatic rings. The van der Waals surface area contributed by atoms with E-state index in [1.54, 1.807) is 30.3 Å². The molecule has 3 aromatic rings. The summed E-state index contributed by atoms with van der Waals surface area (Å²) in [7, 11) is 0. The zero-order valence-corrected chi connectivity index (χ0v) is 14.5. The van der Waals surface area contributed by atoms with Gasteiger partial charge in [-0.1, -0.05) is 12.1 Å². The Morgan fingerprint density at radius 3 is 2.70 bits per heavy atom. The van der Waals surface area contributed by atoms with Crippen LogP contribution < -0.4 is 10.3 Å². The Bertz CT molecular complexity index is 1130. The monoisotopic (exact) mass is 364 g/mol. The molecule has 0 saturated heterocycles. The maximum absolute atomic E-state index is 13.9. The Morgan fingerprint density at radius 1 is 1.22 bits per heavy atom. The number of aliphatic hydroxyl groups excluding tert-OH is 1. The van der Waals surface area contributed by atoms with Gasteiger partial charge in [0, 0.05) is 22.4 Å². The highest BCUT2D eigenvalue weighted by atomic mass is 19.1. The molecular formula is C21H17FN2O3. The van der Waals surface area contributed by atoms with Crippen LogP contribution in [0, 0.1) is 17.1 Å². The third-order valence-electron chi connectivity index (χ3n) is 4.68. The molecule has 1 fully saturated rings. The Morgan fingerprint density at radius 2 is 2.04 bits per heavy atom. The SMILES string of the molecule is N#Cc1c(-c2cccc(F)c2)c2cc(OCCO)ccc2c(=O)n1C1CC1. The lowest BCUT2D eigenvalue weighted by atomic mass is 9.96. The lowest BCUT2D eigenvalue weighted by Crippen LogP contribution is -2.23. The number of pyridine rings is 1. The first-order valence-electron chi connectivity index (χ1n) is 8.76. The number of hydrogen-bond donors (Lipinski definition) is 1. The highest BCUT2D eigenvalue weighted by Gasteiger charge is 2.30. The fourth-order valence-corrected chi connectivity index (χ4v) is 3.38. The van der Waals surface area contributed by atoms with Crippen LogP contribution in [0.1, 0.15) is 24.6 Å². The molecule has 5 nitrogen and oxygen atoms in total. The summed E-state index contributed by atoms with van der Waals surface area (Å²) in [5.41, 5.74) is 1.07. The van der Waals surface area contributed by atoms with E-state index in [2.05, 4.69) is 6.07 Å². The van der Waals surface area contributed by atoms with Crippen LogP contribution in [0.2, 0.25) is 0 Å². The van der Waals surface area contributed by atoms with Crippen LogP contribution in [0.25, 0.3) is 21.9 Å². The Kier molecular flexibility index (Phi) is 4.38. The van der Waals surface area contributed by atoms with Gasteiger partial charge in [0.25, 0.3) is 5.56 Å². The van der Waals surface area contributed by atoms with Gasteiger partial charge in [-0.05, 0) is 48.7 Å². The first-order valence-corrected chi connectivity index (χ1v) is 8.76. The predicted molar refractivity (Wildman–Crippen MR) is 99.2 cm³/mol. The van der Waals surface area contributed by atoms with Gasteiger partial charge in [0.2, 0.25) is 0 Å². The number of aromatic nitrogens is 1. The van der Waals surface area contributed by atoms with E-state index in [9.17, 15) is 14.4 Å². The summed E-state index contributed by atoms with van der Waals surface area (Å²) in [6, 6.07) is 13.2. The summed E-state index contributed by atoms with van der Waals surface area (Å²) in [6.07, 6.45) is 1.70. The van der Waals surface area contributed by atoms with Crippen molar-refractivity contribution >= 4 is 10.8 Å². The van der Waals surface area contributed by atoms with Crippen LogP contribution in [0.4, 0.5) is 4.39 Å². The second kappa shape index (κ2) is 6.86. The van der Waals surface area contributed by atoms with E-state index in [0.29, 0.717) is 27.6 Å². The van der Waals surface area contributed by atoms with E-state index >= 15 is 0 Å². The minimum absolute atomic E-state index is 0.00850. The molecule has 0 radical (unpaired) electrons. The van der Waals surface area contributed by atoms with Crippen LogP contribution >= 0.6 is 0 Å². The van der Waals surface area contributed by atoms with E-state index in [-0.39, 0.29) is 30.5 Å². The maximum Gasteiger partial charge on any atom is 0.259 e. The van der Waals surface area contributed by atoms with Gasteiger partial charge in [-0.3, -0.25) is 9.36 Å². The summed E-state index contributed by atoms with van der Waals surface area (Å²) in [5.74, 6) is 0.0584. The molecule has 0 spiro atoms. The fourth-order valence-electron chi connectivity index (χ4n) is 3.38. The first kappa shape index (κ1) is 17.3. The largest absolute Gasteiger partial charge is 0.491 e. The molecule has 136 valence electrons. The highest BCUT2D eigenvalue weighted by molar-refractivity contribution is 5.99. The van der Waals surface area contributed by atoms with Crippen LogP contribution in [-0.2, 0) is 0 Å². The molecule has 1 heterocycles. The van der Waals surface area contributed by atoms with Crippen LogP contribution in [0.15, 0.2) is 47.3 Å². The van der Waals surface area contributed by atoms with Gasteiger partial charge < -0.3 is 9.84 Å². The number of aliphatic hydroxyl groups is 1. The average molecular weight is 364 g/mol. The normalized spacial score (nSPS) is 13.5. The molecule has 1 aromatic heterocycles. The van der Waals surface area contributed by atoms with Gasteiger partial charge in [0.1, 0.15) is 29.9 Å². The molecule has 0 aliphatic heterocycles. The standard InChI is InChI=1S/C21H17FN2O3/c22-14-3-1-2-13(10-14)20-18-11-16(27-9-8-25)6-7-17(18)21(26)24(15-4-5-15)19(20)12-23/h1-3,6-7,10-11,15,25H,4-5,8-9H2. The molecule has 1 saturated carbocycles. The van der Waals surface area contributed by atoms with Crippen molar-refractivity contribution in [2.24, 2.45) is 0 Å².